The van der Waals surface area contributed by atoms with Gasteiger partial charge in [-0.25, -0.2) is 0 Å². The lowest BCUT2D eigenvalue weighted by Gasteiger charge is -2.44. The van der Waals surface area contributed by atoms with E-state index in [2.05, 4.69) is 36.3 Å². The average Bonchev–Trinajstić information content (AvgIpc) is 2.89. The van der Waals surface area contributed by atoms with Gasteiger partial charge in [0.05, 0.1) is 0 Å². The number of nitrogens with two attached hydrogens (primary N) is 1. The van der Waals surface area contributed by atoms with E-state index in [1.807, 2.05) is 11.3 Å². The lowest BCUT2D eigenvalue weighted by molar-refractivity contribution is 0.0552. The summed E-state index contributed by atoms with van der Waals surface area (Å²) in [5, 5.41) is 2.21. The van der Waals surface area contributed by atoms with E-state index in [1.54, 1.807) is 0 Å². The Hall–Kier alpha value is -0.380. The molecule has 0 aliphatic carbocycles. The van der Waals surface area contributed by atoms with Crippen LogP contribution in [-0.2, 0) is 0 Å². The number of thiophene rings is 1. The van der Waals surface area contributed by atoms with Gasteiger partial charge in [0.15, 0.2) is 0 Å². The summed E-state index contributed by atoms with van der Waals surface area (Å²) in [4.78, 5) is 4.34. The fourth-order valence-corrected chi connectivity index (χ4v) is 4.99. The maximum absolute atomic E-state index is 6.19. The first-order chi connectivity index (χ1) is 8.66. The van der Waals surface area contributed by atoms with E-state index in [0.717, 1.165) is 12.1 Å². The van der Waals surface area contributed by atoms with E-state index in [4.69, 9.17) is 5.73 Å². The second-order valence-corrected chi connectivity index (χ2v) is 7.25. The van der Waals surface area contributed by atoms with Gasteiger partial charge in [0.2, 0.25) is 0 Å². The highest BCUT2D eigenvalue weighted by atomic mass is 32.1. The van der Waals surface area contributed by atoms with Gasteiger partial charge in [-0.3, -0.25) is 4.90 Å². The molecule has 2 aliphatic heterocycles. The van der Waals surface area contributed by atoms with E-state index in [1.165, 1.54) is 30.6 Å². The average molecular weight is 264 g/mol. The van der Waals surface area contributed by atoms with Crippen LogP contribution in [0.1, 0.15) is 50.4 Å². The second-order valence-electron chi connectivity index (χ2n) is 6.27. The van der Waals surface area contributed by atoms with Crippen LogP contribution in [0.25, 0.3) is 0 Å². The van der Waals surface area contributed by atoms with Crippen molar-refractivity contribution < 1.29 is 0 Å². The molecule has 3 atom stereocenters. The van der Waals surface area contributed by atoms with Crippen molar-refractivity contribution in [3.8, 4) is 0 Å². The van der Waals surface area contributed by atoms with Gasteiger partial charge in [-0.1, -0.05) is 19.9 Å². The van der Waals surface area contributed by atoms with Crippen LogP contribution < -0.4 is 5.73 Å². The summed E-state index contributed by atoms with van der Waals surface area (Å²) in [6.45, 7) is 4.72. The van der Waals surface area contributed by atoms with E-state index in [0.29, 0.717) is 18.0 Å². The summed E-state index contributed by atoms with van der Waals surface area (Å²) in [7, 11) is 0. The zero-order chi connectivity index (χ0) is 12.7. The Bertz CT molecular complexity index is 373. The molecule has 0 radical (unpaired) electrons. The van der Waals surface area contributed by atoms with Crippen molar-refractivity contribution in [1.29, 1.82) is 0 Å². The monoisotopic (exact) mass is 264 g/mol. The van der Waals surface area contributed by atoms with E-state index in [-0.39, 0.29) is 0 Å². The standard InChI is InChI=1S/C15H24N2S/c1-10(2)15(14-4-3-7-18-14)17-12-5-6-13(17)9-11(16)8-12/h3-4,7,10-13,15H,5-6,8-9,16H2,1-2H3. The lowest BCUT2D eigenvalue weighted by Crippen LogP contribution is -2.49. The molecule has 2 nitrogen and oxygen atoms in total. The molecule has 0 amide bonds. The Morgan fingerprint density at radius 2 is 1.94 bits per heavy atom. The molecule has 0 saturated carbocycles. The maximum Gasteiger partial charge on any atom is 0.0470 e. The van der Waals surface area contributed by atoms with Crippen LogP contribution in [0.5, 0.6) is 0 Å². The first-order valence-electron chi connectivity index (χ1n) is 7.23. The molecule has 1 aromatic heterocycles. The molecule has 0 spiro atoms. The van der Waals surface area contributed by atoms with Gasteiger partial charge < -0.3 is 5.73 Å². The molecule has 3 heteroatoms. The summed E-state index contributed by atoms with van der Waals surface area (Å²) in [6, 6.07) is 7.00. The van der Waals surface area contributed by atoms with Crippen molar-refractivity contribution >= 4 is 11.3 Å². The third kappa shape index (κ3) is 2.13. The highest BCUT2D eigenvalue weighted by Crippen LogP contribution is 2.44. The van der Waals surface area contributed by atoms with Crippen molar-refractivity contribution in [2.45, 2.75) is 63.7 Å². The largest absolute Gasteiger partial charge is 0.328 e. The third-order valence-corrected chi connectivity index (χ3v) is 5.56. The number of piperidine rings is 1. The SMILES string of the molecule is CC(C)C(c1cccs1)N1C2CCC1CC(N)C2. The predicted octanol–water partition coefficient (Wildman–Crippen LogP) is 3.40. The molecule has 2 aliphatic rings. The van der Waals surface area contributed by atoms with Gasteiger partial charge in [0.25, 0.3) is 0 Å². The summed E-state index contributed by atoms with van der Waals surface area (Å²) >= 11 is 1.91. The van der Waals surface area contributed by atoms with Crippen molar-refractivity contribution in [2.24, 2.45) is 11.7 Å². The molecule has 0 aromatic carbocycles. The van der Waals surface area contributed by atoms with E-state index >= 15 is 0 Å². The van der Waals surface area contributed by atoms with Crippen LogP contribution in [-0.4, -0.2) is 23.0 Å². The van der Waals surface area contributed by atoms with Crippen molar-refractivity contribution in [1.82, 2.24) is 4.90 Å². The number of hydrogen-bond acceptors (Lipinski definition) is 3. The van der Waals surface area contributed by atoms with Crippen LogP contribution in [0, 0.1) is 5.92 Å². The first-order valence-corrected chi connectivity index (χ1v) is 8.11. The third-order valence-electron chi connectivity index (χ3n) is 4.61. The molecular formula is C15H24N2S. The maximum atomic E-state index is 6.19. The topological polar surface area (TPSA) is 29.3 Å². The molecule has 3 heterocycles. The highest BCUT2D eigenvalue weighted by Gasteiger charge is 2.44. The Morgan fingerprint density at radius 1 is 1.28 bits per heavy atom. The smallest absolute Gasteiger partial charge is 0.0470 e. The number of nitrogens with zero attached hydrogens (tertiary/aromatic N) is 1. The first kappa shape index (κ1) is 12.6. The Morgan fingerprint density at radius 3 is 2.44 bits per heavy atom. The molecule has 2 fully saturated rings. The number of rotatable bonds is 3. The summed E-state index contributed by atoms with van der Waals surface area (Å²) < 4.78 is 0. The van der Waals surface area contributed by atoms with Crippen LogP contribution in [0.15, 0.2) is 17.5 Å². The van der Waals surface area contributed by atoms with Crippen molar-refractivity contribution in [3.05, 3.63) is 22.4 Å². The zero-order valence-electron chi connectivity index (χ0n) is 11.4. The molecule has 3 unspecified atom stereocenters. The highest BCUT2D eigenvalue weighted by molar-refractivity contribution is 7.10. The van der Waals surface area contributed by atoms with Crippen LogP contribution in [0.3, 0.4) is 0 Å². The van der Waals surface area contributed by atoms with Gasteiger partial charge in [-0.15, -0.1) is 11.3 Å². The van der Waals surface area contributed by atoms with Crippen molar-refractivity contribution in [2.75, 3.05) is 0 Å². The van der Waals surface area contributed by atoms with Gasteiger partial charge in [-0.05, 0) is 43.0 Å². The van der Waals surface area contributed by atoms with Gasteiger partial charge in [-0.2, -0.15) is 0 Å². The van der Waals surface area contributed by atoms with E-state index in [9.17, 15) is 0 Å². The fraction of sp³-hybridized carbons (Fsp3) is 0.733. The molecule has 2 bridgehead atoms. The zero-order valence-corrected chi connectivity index (χ0v) is 12.2. The van der Waals surface area contributed by atoms with Crippen LogP contribution in [0.2, 0.25) is 0 Å². The molecule has 3 rings (SSSR count). The van der Waals surface area contributed by atoms with Crippen molar-refractivity contribution in [3.63, 3.8) is 0 Å². The Labute approximate surface area is 114 Å². The molecule has 1 aromatic rings. The Balaban J connectivity index is 1.88. The minimum atomic E-state index is 0.440. The van der Waals surface area contributed by atoms with E-state index < -0.39 is 0 Å². The molecule has 2 saturated heterocycles. The quantitative estimate of drug-likeness (QED) is 0.906. The molecule has 18 heavy (non-hydrogen) atoms. The molecule has 100 valence electrons. The van der Waals surface area contributed by atoms with Gasteiger partial charge >= 0.3 is 0 Å². The predicted molar refractivity (Wildman–Crippen MR) is 77.8 cm³/mol. The fourth-order valence-electron chi connectivity index (χ4n) is 3.99. The summed E-state index contributed by atoms with van der Waals surface area (Å²) in [5.41, 5.74) is 6.19. The molecule has 2 N–H and O–H groups in total. The summed E-state index contributed by atoms with van der Waals surface area (Å²) in [5.74, 6) is 0.682. The van der Waals surface area contributed by atoms with Gasteiger partial charge in [0.1, 0.15) is 0 Å². The van der Waals surface area contributed by atoms with Gasteiger partial charge in [0, 0.05) is 29.0 Å². The van der Waals surface area contributed by atoms with Crippen LogP contribution >= 0.6 is 11.3 Å². The Kier molecular flexibility index (Phi) is 3.48. The van der Waals surface area contributed by atoms with Crippen LogP contribution in [0.4, 0.5) is 0 Å². The molecular weight excluding hydrogens is 240 g/mol. The second kappa shape index (κ2) is 4.95. The number of fused-ring (bicyclic) bond motifs is 2. The minimum Gasteiger partial charge on any atom is -0.328 e. The summed E-state index contributed by atoms with van der Waals surface area (Å²) in [6.07, 6.45) is 5.11. The number of hydrogen-bond donors (Lipinski definition) is 1. The minimum absolute atomic E-state index is 0.440. The lowest BCUT2D eigenvalue weighted by atomic mass is 9.91. The normalized spacial score (nSPS) is 34.1.